The zero-order valence-electron chi connectivity index (χ0n) is 20.7. The minimum atomic E-state index is -4.25. The first-order valence-electron chi connectivity index (χ1n) is 11.9. The Kier molecular flexibility index (Phi) is 11.7. The van der Waals surface area contributed by atoms with E-state index >= 15 is 13.2 Å². The molecule has 31 heavy (non-hydrogen) atoms. The van der Waals surface area contributed by atoms with Crippen LogP contribution < -0.4 is 4.74 Å². The van der Waals surface area contributed by atoms with E-state index in [0.29, 0.717) is 10.9 Å². The van der Waals surface area contributed by atoms with Crippen molar-refractivity contribution in [1.29, 1.82) is 0 Å². The molecule has 0 heterocycles. The summed E-state index contributed by atoms with van der Waals surface area (Å²) in [7, 11) is -0.694. The van der Waals surface area contributed by atoms with Crippen molar-refractivity contribution in [2.24, 2.45) is 0 Å². The number of hydrogen-bond acceptors (Lipinski definition) is 1. The molecule has 0 atom stereocenters. The number of ether oxygens (including phenoxy) is 1. The first-order valence-corrected chi connectivity index (χ1v) is 22.9. The molecule has 0 amide bonds. The number of rotatable bonds is 13. The summed E-state index contributed by atoms with van der Waals surface area (Å²) in [5, 5.41) is 0.668. The molecule has 1 aromatic rings. The van der Waals surface area contributed by atoms with Gasteiger partial charge >= 0.3 is 194 Å². The van der Waals surface area contributed by atoms with Gasteiger partial charge in [0.25, 0.3) is 0 Å². The van der Waals surface area contributed by atoms with Crippen LogP contribution in [0.5, 0.6) is 5.75 Å². The van der Waals surface area contributed by atoms with Crippen LogP contribution in [0.1, 0.15) is 64.9 Å². The Morgan fingerprint density at radius 2 is 1.26 bits per heavy atom. The summed E-state index contributed by atoms with van der Waals surface area (Å²) in [4.78, 5) is 0. The molecule has 0 saturated carbocycles. The molecule has 0 aliphatic carbocycles. The van der Waals surface area contributed by atoms with E-state index in [0.717, 1.165) is 57.4 Å². The van der Waals surface area contributed by atoms with Gasteiger partial charge in [0.15, 0.2) is 0 Å². The van der Waals surface area contributed by atoms with Crippen molar-refractivity contribution < 1.29 is 17.9 Å². The Balaban J connectivity index is 3.96. The van der Waals surface area contributed by atoms with Gasteiger partial charge in [-0.2, -0.15) is 0 Å². The van der Waals surface area contributed by atoms with Crippen LogP contribution in [0.3, 0.4) is 0 Å². The van der Waals surface area contributed by atoms with Gasteiger partial charge in [-0.15, -0.1) is 0 Å². The van der Waals surface area contributed by atoms with Gasteiger partial charge in [0.2, 0.25) is 0 Å². The zero-order valence-corrected chi connectivity index (χ0v) is 24.6. The van der Waals surface area contributed by atoms with Crippen molar-refractivity contribution in [2.45, 2.75) is 98.4 Å². The number of alkyl halides is 3. The summed E-state index contributed by atoms with van der Waals surface area (Å²) in [6.07, 6.45) is 1.41. The Hall–Kier alpha value is -0.434. The fourth-order valence-corrected chi connectivity index (χ4v) is 28.4. The fraction of sp³-hybridized carbons (Fsp3) is 0.680. The third-order valence-corrected chi connectivity index (χ3v) is 24.7. The Morgan fingerprint density at radius 1 is 0.839 bits per heavy atom. The van der Waals surface area contributed by atoms with Crippen LogP contribution in [0.15, 0.2) is 27.9 Å². The number of benzene rings is 1. The molecule has 0 spiro atoms. The average Bonchev–Trinajstić information content (AvgIpc) is 2.70. The van der Waals surface area contributed by atoms with E-state index in [1.807, 2.05) is 24.3 Å². The molecule has 0 saturated heterocycles. The van der Waals surface area contributed by atoms with Crippen molar-refractivity contribution in [2.75, 3.05) is 7.11 Å². The summed E-state index contributed by atoms with van der Waals surface area (Å²) in [5.41, 5.74) is 0.762. The first-order chi connectivity index (χ1) is 14.5. The molecule has 0 aromatic heterocycles. The van der Waals surface area contributed by atoms with E-state index in [-0.39, 0.29) is 3.59 Å². The number of methoxy groups -OCH3 is 1. The maximum absolute atomic E-state index is 15.1. The molecule has 0 aliphatic rings. The molecule has 6 heteroatoms. The molecule has 1 rings (SSSR count). The molecule has 1 nitrogen and oxygen atoms in total. The maximum atomic E-state index is 15.1. The van der Waals surface area contributed by atoms with Crippen LogP contribution in [0.4, 0.5) is 13.2 Å². The Labute approximate surface area is 193 Å². The quantitative estimate of drug-likeness (QED) is 0.218. The van der Waals surface area contributed by atoms with E-state index in [2.05, 4.69) is 40.4 Å². The van der Waals surface area contributed by atoms with Crippen molar-refractivity contribution >= 4 is 31.6 Å². The van der Waals surface area contributed by atoms with Gasteiger partial charge in [-0.1, -0.05) is 0 Å². The minimum absolute atomic E-state index is 0.0125. The van der Waals surface area contributed by atoms with E-state index in [9.17, 15) is 0 Å². The second-order valence-electron chi connectivity index (χ2n) is 9.82. The van der Waals surface area contributed by atoms with Crippen LogP contribution in [0, 0.1) is 0 Å². The predicted molar refractivity (Wildman–Crippen MR) is 134 cm³/mol. The number of halogens is 3. The molecule has 0 fully saturated rings. The number of unbranched alkanes of at least 4 members (excludes halogenated alkanes) is 3. The standard InChI is InChI=1S/C13H16F3OSi.3C4H9.Sn/c1-17-11-7-5-10(6-8-11)12(18(2,3)4)9-13(14,15)16;3*1-3-4-2;/h5-8H,1-4H3;3*1,3-4H2,2H3;. The monoisotopic (exact) mass is 564 g/mol. The van der Waals surface area contributed by atoms with Crippen molar-refractivity contribution in [3.63, 3.8) is 0 Å². The van der Waals surface area contributed by atoms with Gasteiger partial charge < -0.3 is 0 Å². The van der Waals surface area contributed by atoms with Crippen LogP contribution >= 0.6 is 0 Å². The normalized spacial score (nSPS) is 13.9. The second kappa shape index (κ2) is 12.7. The summed E-state index contributed by atoms with van der Waals surface area (Å²) in [5.74, 6) is 0.685. The van der Waals surface area contributed by atoms with E-state index in [4.69, 9.17) is 4.74 Å². The van der Waals surface area contributed by atoms with Crippen LogP contribution in [-0.2, 0) is 0 Å². The van der Waals surface area contributed by atoms with Gasteiger partial charge in [0.1, 0.15) is 0 Å². The summed E-state index contributed by atoms with van der Waals surface area (Å²) in [6.45, 7) is 12.6. The van der Waals surface area contributed by atoms with E-state index < -0.39 is 32.6 Å². The predicted octanol–water partition coefficient (Wildman–Crippen LogP) is 9.28. The average molecular weight is 563 g/mol. The SMILES string of the molecule is CCC[CH2][Sn]([CH2]CCC)([CH2]CCC)/[C](=C(/c1ccc(OC)cc1)[Si](C)(C)C)C(F)(F)F. The number of hydrogen-bond donors (Lipinski definition) is 0. The van der Waals surface area contributed by atoms with Gasteiger partial charge in [-0.05, 0) is 0 Å². The van der Waals surface area contributed by atoms with E-state index in [1.165, 1.54) is 0 Å². The van der Waals surface area contributed by atoms with Crippen LogP contribution in [0.25, 0.3) is 5.20 Å². The third-order valence-electron chi connectivity index (χ3n) is 6.22. The summed E-state index contributed by atoms with van der Waals surface area (Å²) in [6, 6.07) is 7.33. The van der Waals surface area contributed by atoms with Gasteiger partial charge in [-0.3, -0.25) is 0 Å². The molecule has 178 valence electrons. The summed E-state index contributed by atoms with van der Waals surface area (Å²) < 4.78 is 53.0. The molecular formula is C25H43F3OSiSn. The molecule has 0 unspecified atom stereocenters. The summed E-state index contributed by atoms with van der Waals surface area (Å²) >= 11 is -3.73. The van der Waals surface area contributed by atoms with Crippen molar-refractivity contribution in [1.82, 2.24) is 0 Å². The van der Waals surface area contributed by atoms with Gasteiger partial charge in [-0.25, -0.2) is 0 Å². The van der Waals surface area contributed by atoms with E-state index in [1.54, 1.807) is 7.11 Å². The molecule has 0 aliphatic heterocycles. The molecule has 0 N–H and O–H groups in total. The Bertz CT molecular complexity index is 668. The Morgan fingerprint density at radius 3 is 1.55 bits per heavy atom. The van der Waals surface area contributed by atoms with Crippen LogP contribution in [0.2, 0.25) is 33.0 Å². The van der Waals surface area contributed by atoms with Gasteiger partial charge in [0, 0.05) is 0 Å². The molecular weight excluding hydrogens is 520 g/mol. The molecule has 0 radical (unpaired) electrons. The third kappa shape index (κ3) is 8.13. The molecule has 0 bridgehead atoms. The first kappa shape index (κ1) is 28.6. The zero-order chi connectivity index (χ0) is 23.7. The molecule has 1 aromatic carbocycles. The van der Waals surface area contributed by atoms with Crippen molar-refractivity contribution in [3.8, 4) is 5.75 Å². The van der Waals surface area contributed by atoms with Gasteiger partial charge in [0.05, 0.1) is 0 Å². The van der Waals surface area contributed by atoms with Crippen molar-refractivity contribution in [3.05, 3.63) is 33.4 Å². The second-order valence-corrected chi connectivity index (χ2v) is 27.8. The number of allylic oxidation sites excluding steroid dienone is 1. The van der Waals surface area contributed by atoms with Crippen LogP contribution in [-0.4, -0.2) is 39.7 Å². The topological polar surface area (TPSA) is 9.23 Å². The fourth-order valence-electron chi connectivity index (χ4n) is 4.71.